The van der Waals surface area contributed by atoms with E-state index in [1.54, 1.807) is 19.2 Å². The Balaban J connectivity index is 2.17. The van der Waals surface area contributed by atoms with Crippen LogP contribution < -0.4 is 0 Å². The number of aliphatic carboxylic acids is 1. The second-order valence-electron chi connectivity index (χ2n) is 5.25. The number of hydrogen-bond acceptors (Lipinski definition) is 4. The number of rotatable bonds is 7. The summed E-state index contributed by atoms with van der Waals surface area (Å²) >= 11 is 1.52. The molecule has 124 valence electrons. The molecule has 7 heteroatoms. The Hall–Kier alpha value is -1.70. The number of carboxylic acids is 1. The molecule has 0 bridgehead atoms. The number of sulfonamides is 1. The quantitative estimate of drug-likeness (QED) is 0.830. The Morgan fingerprint density at radius 3 is 2.43 bits per heavy atom. The van der Waals surface area contributed by atoms with Gasteiger partial charge in [0.15, 0.2) is 0 Å². The van der Waals surface area contributed by atoms with Crippen molar-refractivity contribution in [3.05, 3.63) is 52.2 Å². The van der Waals surface area contributed by atoms with E-state index in [4.69, 9.17) is 5.11 Å². The van der Waals surface area contributed by atoms with Gasteiger partial charge in [-0.3, -0.25) is 4.79 Å². The van der Waals surface area contributed by atoms with Crippen LogP contribution in [-0.2, 0) is 21.2 Å². The molecule has 1 heterocycles. The van der Waals surface area contributed by atoms with Crippen LogP contribution >= 0.6 is 11.3 Å². The molecule has 5 nitrogen and oxygen atoms in total. The van der Waals surface area contributed by atoms with E-state index < -0.39 is 16.0 Å². The molecule has 0 amide bonds. The van der Waals surface area contributed by atoms with Crippen LogP contribution in [0.15, 0.2) is 46.7 Å². The van der Waals surface area contributed by atoms with Gasteiger partial charge in [0.1, 0.15) is 0 Å². The smallest absolute Gasteiger partial charge is 0.303 e. The Bertz CT molecular complexity index is 752. The van der Waals surface area contributed by atoms with Gasteiger partial charge in [0, 0.05) is 18.3 Å². The number of hydrogen-bond donors (Lipinski definition) is 1. The molecule has 0 aliphatic rings. The van der Waals surface area contributed by atoms with E-state index in [0.717, 1.165) is 10.4 Å². The summed E-state index contributed by atoms with van der Waals surface area (Å²) < 4.78 is 26.7. The highest BCUT2D eigenvalue weighted by Gasteiger charge is 2.26. The normalized spacial score (nSPS) is 13.2. The second kappa shape index (κ2) is 7.25. The van der Waals surface area contributed by atoms with Gasteiger partial charge >= 0.3 is 5.97 Å². The molecule has 0 spiro atoms. The highest BCUT2D eigenvalue weighted by atomic mass is 32.2. The summed E-state index contributed by atoms with van der Waals surface area (Å²) in [4.78, 5) is 11.8. The SMILES string of the molecule is C[C@H](c1cccs1)N(C)S(=O)(=O)c1ccc(CCC(=O)O)cc1. The van der Waals surface area contributed by atoms with Crippen LogP contribution in [0.25, 0.3) is 0 Å². The average molecular weight is 353 g/mol. The Morgan fingerprint density at radius 2 is 1.91 bits per heavy atom. The lowest BCUT2D eigenvalue weighted by Crippen LogP contribution is -2.29. The molecule has 0 aliphatic carbocycles. The molecule has 0 aliphatic heterocycles. The van der Waals surface area contributed by atoms with Crippen molar-refractivity contribution in [1.29, 1.82) is 0 Å². The molecule has 2 aromatic rings. The second-order valence-corrected chi connectivity index (χ2v) is 8.23. The minimum atomic E-state index is -3.59. The maximum absolute atomic E-state index is 12.7. The Labute approximate surface area is 140 Å². The van der Waals surface area contributed by atoms with Crippen molar-refractivity contribution in [1.82, 2.24) is 4.31 Å². The van der Waals surface area contributed by atoms with Crippen molar-refractivity contribution in [2.75, 3.05) is 7.05 Å². The maximum Gasteiger partial charge on any atom is 0.303 e. The molecular formula is C16H19NO4S2. The summed E-state index contributed by atoms with van der Waals surface area (Å²) in [5.41, 5.74) is 0.806. The molecule has 1 aromatic carbocycles. The van der Waals surface area contributed by atoms with Crippen molar-refractivity contribution in [3.8, 4) is 0 Å². The average Bonchev–Trinajstić information content (AvgIpc) is 3.06. The van der Waals surface area contributed by atoms with Crippen molar-refractivity contribution < 1.29 is 18.3 Å². The van der Waals surface area contributed by atoms with Gasteiger partial charge in [0.05, 0.1) is 10.9 Å². The van der Waals surface area contributed by atoms with E-state index in [1.165, 1.54) is 27.8 Å². The van der Waals surface area contributed by atoms with Crippen LogP contribution in [0.4, 0.5) is 0 Å². The summed E-state index contributed by atoms with van der Waals surface area (Å²) in [5.74, 6) is -0.869. The van der Waals surface area contributed by atoms with E-state index in [1.807, 2.05) is 24.4 Å². The number of benzene rings is 1. The van der Waals surface area contributed by atoms with Gasteiger partial charge in [-0.2, -0.15) is 4.31 Å². The standard InChI is InChI=1S/C16H19NO4S2/c1-12(15-4-3-11-22-15)17(2)23(20,21)14-8-5-13(6-9-14)7-10-16(18)19/h3-6,8-9,11-12H,7,10H2,1-2H3,(H,18,19)/t12-/m1/s1. The predicted octanol–water partition coefficient (Wildman–Crippen LogP) is 3.15. The van der Waals surface area contributed by atoms with Crippen LogP contribution in [0.2, 0.25) is 0 Å². The van der Waals surface area contributed by atoms with Crippen LogP contribution in [-0.4, -0.2) is 30.8 Å². The zero-order valence-corrected chi connectivity index (χ0v) is 14.6. The van der Waals surface area contributed by atoms with Gasteiger partial charge < -0.3 is 5.11 Å². The first-order valence-electron chi connectivity index (χ1n) is 7.14. The van der Waals surface area contributed by atoms with Crippen molar-refractivity contribution >= 4 is 27.3 Å². The molecule has 2 rings (SSSR count). The monoisotopic (exact) mass is 353 g/mol. The Kier molecular flexibility index (Phi) is 5.56. The number of carbonyl (C=O) groups is 1. The largest absolute Gasteiger partial charge is 0.481 e. The van der Waals surface area contributed by atoms with Crippen LogP contribution in [0.5, 0.6) is 0 Å². The van der Waals surface area contributed by atoms with E-state index in [2.05, 4.69) is 0 Å². The maximum atomic E-state index is 12.7. The summed E-state index contributed by atoms with van der Waals surface area (Å²) in [5, 5.41) is 10.6. The highest BCUT2D eigenvalue weighted by Crippen LogP contribution is 2.28. The van der Waals surface area contributed by atoms with Gasteiger partial charge in [-0.1, -0.05) is 18.2 Å². The van der Waals surface area contributed by atoms with Crippen LogP contribution in [0.3, 0.4) is 0 Å². The number of thiophene rings is 1. The van der Waals surface area contributed by atoms with Crippen LogP contribution in [0.1, 0.15) is 29.8 Å². The molecule has 23 heavy (non-hydrogen) atoms. The molecule has 1 aromatic heterocycles. The number of carboxylic acid groups (broad SMARTS) is 1. The van der Waals surface area contributed by atoms with Crippen molar-refractivity contribution in [2.24, 2.45) is 0 Å². The number of aryl methyl sites for hydroxylation is 1. The minimum absolute atomic E-state index is 0.0292. The predicted molar refractivity (Wildman–Crippen MR) is 90.1 cm³/mol. The third kappa shape index (κ3) is 4.19. The van der Waals surface area contributed by atoms with Gasteiger partial charge in [0.2, 0.25) is 10.0 Å². The summed E-state index contributed by atoms with van der Waals surface area (Å²) in [6.07, 6.45) is 0.415. The van der Waals surface area contributed by atoms with E-state index in [-0.39, 0.29) is 17.4 Å². The third-order valence-electron chi connectivity index (χ3n) is 3.73. The molecule has 0 fully saturated rings. The molecule has 0 radical (unpaired) electrons. The zero-order chi connectivity index (χ0) is 17.0. The van der Waals surface area contributed by atoms with E-state index in [0.29, 0.717) is 6.42 Å². The van der Waals surface area contributed by atoms with Crippen molar-refractivity contribution in [2.45, 2.75) is 30.7 Å². The first kappa shape index (κ1) is 17.7. The Morgan fingerprint density at radius 1 is 1.26 bits per heavy atom. The third-order valence-corrected chi connectivity index (χ3v) is 6.71. The summed E-state index contributed by atoms with van der Waals surface area (Å²) in [6.45, 7) is 1.85. The summed E-state index contributed by atoms with van der Waals surface area (Å²) in [7, 11) is -2.02. The first-order chi connectivity index (χ1) is 10.8. The van der Waals surface area contributed by atoms with Gasteiger partial charge in [-0.15, -0.1) is 11.3 Å². The molecule has 1 N–H and O–H groups in total. The lowest BCUT2D eigenvalue weighted by molar-refractivity contribution is -0.136. The van der Waals surface area contributed by atoms with Crippen LogP contribution in [0, 0.1) is 0 Å². The first-order valence-corrected chi connectivity index (χ1v) is 9.46. The molecule has 0 saturated carbocycles. The minimum Gasteiger partial charge on any atom is -0.481 e. The van der Waals surface area contributed by atoms with Gasteiger partial charge in [-0.05, 0) is 42.5 Å². The zero-order valence-electron chi connectivity index (χ0n) is 13.0. The van der Waals surface area contributed by atoms with Gasteiger partial charge in [0.25, 0.3) is 0 Å². The molecule has 0 unspecified atom stereocenters. The van der Waals surface area contributed by atoms with E-state index >= 15 is 0 Å². The fraction of sp³-hybridized carbons (Fsp3) is 0.312. The van der Waals surface area contributed by atoms with Gasteiger partial charge in [-0.25, -0.2) is 8.42 Å². The van der Waals surface area contributed by atoms with E-state index in [9.17, 15) is 13.2 Å². The molecule has 1 atom stereocenters. The fourth-order valence-electron chi connectivity index (χ4n) is 2.16. The fourth-order valence-corrected chi connectivity index (χ4v) is 4.40. The molecular weight excluding hydrogens is 334 g/mol. The highest BCUT2D eigenvalue weighted by molar-refractivity contribution is 7.89. The summed E-state index contributed by atoms with van der Waals surface area (Å²) in [6, 6.07) is 9.96. The molecule has 0 saturated heterocycles. The lowest BCUT2D eigenvalue weighted by Gasteiger charge is -2.23. The number of nitrogens with zero attached hydrogens (tertiary/aromatic N) is 1. The lowest BCUT2D eigenvalue weighted by atomic mass is 10.1. The topological polar surface area (TPSA) is 74.7 Å². The van der Waals surface area contributed by atoms with Crippen molar-refractivity contribution in [3.63, 3.8) is 0 Å².